The first-order valence-corrected chi connectivity index (χ1v) is 5.96. The third-order valence-corrected chi connectivity index (χ3v) is 3.06. The predicted molar refractivity (Wildman–Crippen MR) is 67.0 cm³/mol. The average Bonchev–Trinajstić information content (AvgIpc) is 2.82. The van der Waals surface area contributed by atoms with Gasteiger partial charge in [-0.1, -0.05) is 0 Å². The van der Waals surface area contributed by atoms with Gasteiger partial charge >= 0.3 is 5.97 Å². The van der Waals surface area contributed by atoms with Crippen molar-refractivity contribution in [1.29, 1.82) is 0 Å². The van der Waals surface area contributed by atoms with Crippen LogP contribution < -0.4 is 5.32 Å². The van der Waals surface area contributed by atoms with Gasteiger partial charge in [0.05, 0.1) is 0 Å². The number of hydrogen-bond acceptors (Lipinski definition) is 4. The van der Waals surface area contributed by atoms with Crippen molar-refractivity contribution in [2.75, 3.05) is 5.32 Å². The maximum Gasteiger partial charge on any atom is 0.332 e. The summed E-state index contributed by atoms with van der Waals surface area (Å²) in [7, 11) is 0. The quantitative estimate of drug-likeness (QED) is 0.715. The number of carbonyl (C=O) groups excluding carboxylic acids is 1. The zero-order chi connectivity index (χ0) is 14.0. The number of rotatable bonds is 3. The summed E-state index contributed by atoms with van der Waals surface area (Å²) in [6.45, 7) is 1.75. The Morgan fingerprint density at radius 1 is 1.32 bits per heavy atom. The van der Waals surface area contributed by atoms with Gasteiger partial charge in [0.2, 0.25) is 0 Å². The van der Waals surface area contributed by atoms with Gasteiger partial charge in [0.15, 0.2) is 6.10 Å². The number of anilines is 1. The third kappa shape index (κ3) is 3.03. The van der Waals surface area contributed by atoms with Crippen LogP contribution in [0.5, 0.6) is 5.75 Å². The first kappa shape index (κ1) is 13.4. The number of carboxylic acid groups (broad SMARTS) is 1. The molecular weight excluding hydrogens is 250 g/mol. The van der Waals surface area contributed by atoms with Crippen LogP contribution >= 0.6 is 0 Å². The Bertz CT molecular complexity index is 514. The molecule has 2 atom stereocenters. The summed E-state index contributed by atoms with van der Waals surface area (Å²) in [6, 6.07) is 4.59. The summed E-state index contributed by atoms with van der Waals surface area (Å²) < 4.78 is 5.16. The first-order chi connectivity index (χ1) is 8.97. The number of ether oxygens (including phenoxy) is 1. The molecule has 0 saturated carbocycles. The van der Waals surface area contributed by atoms with Crippen molar-refractivity contribution in [2.45, 2.75) is 32.0 Å². The Labute approximate surface area is 110 Å². The van der Waals surface area contributed by atoms with Gasteiger partial charge in [-0.25, -0.2) is 4.79 Å². The molecule has 102 valence electrons. The van der Waals surface area contributed by atoms with Crippen LogP contribution in [0, 0.1) is 6.92 Å². The van der Waals surface area contributed by atoms with Crippen LogP contribution in [0.2, 0.25) is 0 Å². The molecule has 1 aliphatic heterocycles. The van der Waals surface area contributed by atoms with Crippen LogP contribution in [0.4, 0.5) is 5.69 Å². The van der Waals surface area contributed by atoms with Crippen molar-refractivity contribution in [3.63, 3.8) is 0 Å². The van der Waals surface area contributed by atoms with E-state index in [4.69, 9.17) is 9.84 Å². The zero-order valence-electron chi connectivity index (χ0n) is 10.4. The fraction of sp³-hybridized carbons (Fsp3) is 0.385. The van der Waals surface area contributed by atoms with Gasteiger partial charge in [-0.3, -0.25) is 4.79 Å². The van der Waals surface area contributed by atoms with Crippen LogP contribution in [0.25, 0.3) is 0 Å². The molecule has 3 N–H and O–H groups in total. The number of amides is 1. The number of benzene rings is 1. The molecule has 0 bridgehead atoms. The van der Waals surface area contributed by atoms with Crippen LogP contribution in [0.15, 0.2) is 18.2 Å². The number of phenolic OH excluding ortho intramolecular Hbond substituents is 1. The molecule has 1 aromatic carbocycles. The second kappa shape index (κ2) is 5.27. The summed E-state index contributed by atoms with van der Waals surface area (Å²) in [5.74, 6) is -1.28. The van der Waals surface area contributed by atoms with Crippen molar-refractivity contribution in [3.05, 3.63) is 23.8 Å². The van der Waals surface area contributed by atoms with Crippen LogP contribution in [0.1, 0.15) is 18.4 Å². The molecule has 0 spiro atoms. The van der Waals surface area contributed by atoms with Gasteiger partial charge in [0.25, 0.3) is 5.91 Å². The lowest BCUT2D eigenvalue weighted by Gasteiger charge is -2.13. The van der Waals surface area contributed by atoms with E-state index < -0.39 is 18.2 Å². The number of aromatic hydroxyl groups is 1. The highest BCUT2D eigenvalue weighted by atomic mass is 16.5. The number of aryl methyl sites for hydroxylation is 1. The topological polar surface area (TPSA) is 95.9 Å². The van der Waals surface area contributed by atoms with Gasteiger partial charge in [-0.05, 0) is 43.5 Å². The molecule has 0 unspecified atom stereocenters. The Balaban J connectivity index is 2.00. The van der Waals surface area contributed by atoms with Gasteiger partial charge in [0.1, 0.15) is 11.9 Å². The molecule has 1 aromatic rings. The van der Waals surface area contributed by atoms with Crippen molar-refractivity contribution in [3.8, 4) is 5.75 Å². The van der Waals surface area contributed by atoms with E-state index in [9.17, 15) is 14.7 Å². The van der Waals surface area contributed by atoms with E-state index >= 15 is 0 Å². The number of hydrogen-bond donors (Lipinski definition) is 3. The van der Waals surface area contributed by atoms with E-state index in [0.29, 0.717) is 18.5 Å². The van der Waals surface area contributed by atoms with E-state index in [-0.39, 0.29) is 11.7 Å². The second-order valence-corrected chi connectivity index (χ2v) is 4.52. The first-order valence-electron chi connectivity index (χ1n) is 5.96. The van der Waals surface area contributed by atoms with E-state index in [1.54, 1.807) is 13.0 Å². The zero-order valence-corrected chi connectivity index (χ0v) is 10.4. The molecule has 1 aliphatic rings. The minimum Gasteiger partial charge on any atom is -0.508 e. The number of aliphatic carboxylic acids is 1. The average molecular weight is 265 g/mol. The molecule has 1 amide bonds. The van der Waals surface area contributed by atoms with Crippen molar-refractivity contribution in [1.82, 2.24) is 0 Å². The van der Waals surface area contributed by atoms with E-state index in [1.165, 1.54) is 12.1 Å². The van der Waals surface area contributed by atoms with Gasteiger partial charge < -0.3 is 20.3 Å². The molecule has 2 rings (SSSR count). The highest BCUT2D eigenvalue weighted by Gasteiger charge is 2.34. The van der Waals surface area contributed by atoms with E-state index in [1.807, 2.05) is 0 Å². The SMILES string of the molecule is Cc1cc(O)ccc1NC(=O)[C@@H]1CC[C@H](C(=O)O)O1. The molecule has 1 saturated heterocycles. The standard InChI is InChI=1S/C13H15NO5/c1-7-6-8(15)2-3-9(7)14-12(16)10-4-5-11(19-10)13(17)18/h2-3,6,10-11,15H,4-5H2,1H3,(H,14,16)(H,17,18)/t10-,11+/m0/s1. The lowest BCUT2D eigenvalue weighted by atomic mass is 10.1. The van der Waals surface area contributed by atoms with Crippen molar-refractivity contribution in [2.24, 2.45) is 0 Å². The Morgan fingerprint density at radius 3 is 2.58 bits per heavy atom. The molecule has 6 heteroatoms. The molecule has 6 nitrogen and oxygen atoms in total. The summed E-state index contributed by atoms with van der Waals surface area (Å²) >= 11 is 0. The van der Waals surface area contributed by atoms with Crippen molar-refractivity contribution >= 4 is 17.6 Å². The van der Waals surface area contributed by atoms with Crippen LogP contribution in [-0.4, -0.2) is 34.3 Å². The molecule has 0 aromatic heterocycles. The molecule has 19 heavy (non-hydrogen) atoms. The number of carbonyl (C=O) groups is 2. The fourth-order valence-electron chi connectivity index (χ4n) is 2.01. The predicted octanol–water partition coefficient (Wildman–Crippen LogP) is 1.27. The summed E-state index contributed by atoms with van der Waals surface area (Å²) in [6.07, 6.45) is -0.923. The summed E-state index contributed by atoms with van der Waals surface area (Å²) in [5, 5.41) is 20.7. The van der Waals surface area contributed by atoms with E-state index in [2.05, 4.69) is 5.32 Å². The Kier molecular flexibility index (Phi) is 3.71. The molecule has 0 aliphatic carbocycles. The lowest BCUT2D eigenvalue weighted by Crippen LogP contribution is -2.30. The largest absolute Gasteiger partial charge is 0.508 e. The second-order valence-electron chi connectivity index (χ2n) is 4.52. The van der Waals surface area contributed by atoms with Crippen molar-refractivity contribution < 1.29 is 24.5 Å². The lowest BCUT2D eigenvalue weighted by molar-refractivity contribution is -0.150. The third-order valence-electron chi connectivity index (χ3n) is 3.06. The number of nitrogens with one attached hydrogen (secondary N) is 1. The van der Waals surface area contributed by atoms with E-state index in [0.717, 1.165) is 5.56 Å². The highest BCUT2D eigenvalue weighted by molar-refractivity contribution is 5.95. The van der Waals surface area contributed by atoms with Gasteiger partial charge in [-0.2, -0.15) is 0 Å². The van der Waals surface area contributed by atoms with Crippen LogP contribution in [-0.2, 0) is 14.3 Å². The smallest absolute Gasteiger partial charge is 0.332 e. The normalized spacial score (nSPS) is 22.2. The highest BCUT2D eigenvalue weighted by Crippen LogP contribution is 2.24. The molecule has 1 heterocycles. The van der Waals surface area contributed by atoms with Crippen LogP contribution in [0.3, 0.4) is 0 Å². The number of carboxylic acids is 1. The minimum atomic E-state index is -1.05. The Hall–Kier alpha value is -2.08. The molecule has 0 radical (unpaired) electrons. The van der Waals surface area contributed by atoms with Gasteiger partial charge in [0, 0.05) is 5.69 Å². The summed E-state index contributed by atoms with van der Waals surface area (Å²) in [5.41, 5.74) is 1.30. The maximum absolute atomic E-state index is 11.9. The Morgan fingerprint density at radius 2 is 2.00 bits per heavy atom. The maximum atomic E-state index is 11.9. The molecule has 1 fully saturated rings. The van der Waals surface area contributed by atoms with Gasteiger partial charge in [-0.15, -0.1) is 0 Å². The minimum absolute atomic E-state index is 0.124. The summed E-state index contributed by atoms with van der Waals surface area (Å²) in [4.78, 5) is 22.7. The molecular formula is C13H15NO5. The number of phenols is 1. The monoisotopic (exact) mass is 265 g/mol. The fourth-order valence-corrected chi connectivity index (χ4v) is 2.01.